The van der Waals surface area contributed by atoms with Gasteiger partial charge in [-0.3, -0.25) is 4.79 Å². The van der Waals surface area contributed by atoms with Crippen LogP contribution >= 0.6 is 0 Å². The van der Waals surface area contributed by atoms with Crippen LogP contribution in [0.3, 0.4) is 0 Å². The summed E-state index contributed by atoms with van der Waals surface area (Å²) in [7, 11) is 2.16. The van der Waals surface area contributed by atoms with Crippen molar-refractivity contribution in [3.05, 3.63) is 0 Å². The number of carbonyl (C=O) groups is 1. The summed E-state index contributed by atoms with van der Waals surface area (Å²) in [6, 6.07) is 0. The average Bonchev–Trinajstić information content (AvgIpc) is 2.26. The lowest BCUT2D eigenvalue weighted by molar-refractivity contribution is -0.122. The Balaban J connectivity index is 2.10. The zero-order valence-corrected chi connectivity index (χ0v) is 11.1. The molecule has 0 saturated carbocycles. The third-order valence-electron chi connectivity index (χ3n) is 3.58. The third-order valence-corrected chi connectivity index (χ3v) is 3.58. The van der Waals surface area contributed by atoms with Crippen molar-refractivity contribution >= 4 is 5.91 Å². The first-order valence-electron chi connectivity index (χ1n) is 6.41. The predicted molar refractivity (Wildman–Crippen MR) is 69.6 cm³/mol. The molecule has 1 rings (SSSR count). The van der Waals surface area contributed by atoms with E-state index in [4.69, 9.17) is 11.5 Å². The lowest BCUT2D eigenvalue weighted by atomic mass is 9.95. The van der Waals surface area contributed by atoms with Crippen molar-refractivity contribution in [3.8, 4) is 0 Å². The number of nitrogens with two attached hydrogens (primary N) is 2. The van der Waals surface area contributed by atoms with Gasteiger partial charge >= 0.3 is 0 Å². The van der Waals surface area contributed by atoms with Crippen LogP contribution in [0.15, 0.2) is 0 Å². The van der Waals surface area contributed by atoms with Crippen LogP contribution in [0, 0.1) is 0 Å². The van der Waals surface area contributed by atoms with Gasteiger partial charge in [0.2, 0.25) is 5.91 Å². The van der Waals surface area contributed by atoms with Crippen molar-refractivity contribution in [3.63, 3.8) is 0 Å². The van der Waals surface area contributed by atoms with Crippen LogP contribution in [0.25, 0.3) is 0 Å². The zero-order valence-electron chi connectivity index (χ0n) is 11.1. The fourth-order valence-electron chi connectivity index (χ4n) is 2.02. The van der Waals surface area contributed by atoms with E-state index >= 15 is 0 Å². The Morgan fingerprint density at radius 2 is 1.82 bits per heavy atom. The maximum atomic E-state index is 11.0. The van der Waals surface area contributed by atoms with Crippen molar-refractivity contribution in [1.29, 1.82) is 0 Å². The van der Waals surface area contributed by atoms with Crippen LogP contribution in [0.1, 0.15) is 26.2 Å². The molecule has 0 aromatic heterocycles. The first kappa shape index (κ1) is 14.4. The number of carbonyl (C=O) groups excluding carboxylic acids is 1. The van der Waals surface area contributed by atoms with Crippen LogP contribution < -0.4 is 11.5 Å². The summed E-state index contributed by atoms with van der Waals surface area (Å²) in [5.74, 6) is -0.405. The van der Waals surface area contributed by atoms with Crippen LogP contribution in [-0.2, 0) is 4.79 Å². The van der Waals surface area contributed by atoms with E-state index in [1.54, 1.807) is 6.92 Å². The first-order valence-corrected chi connectivity index (χ1v) is 6.41. The molecule has 1 amide bonds. The van der Waals surface area contributed by atoms with E-state index in [0.29, 0.717) is 6.42 Å². The Morgan fingerprint density at radius 3 is 2.35 bits per heavy atom. The van der Waals surface area contributed by atoms with Crippen LogP contribution in [-0.4, -0.2) is 61.0 Å². The number of rotatable bonds is 6. The SMILES string of the molecule is CN1CCN(CCCCC(C)(N)C(N)=O)CC1. The van der Waals surface area contributed by atoms with E-state index in [2.05, 4.69) is 16.8 Å². The number of hydrogen-bond donors (Lipinski definition) is 2. The van der Waals surface area contributed by atoms with Gasteiger partial charge in [-0.1, -0.05) is 0 Å². The van der Waals surface area contributed by atoms with Crippen molar-refractivity contribution in [2.75, 3.05) is 39.8 Å². The molecule has 0 aromatic carbocycles. The molecule has 1 fully saturated rings. The Bertz CT molecular complexity index is 247. The summed E-state index contributed by atoms with van der Waals surface area (Å²) < 4.78 is 0. The molecule has 4 N–H and O–H groups in total. The molecule has 0 aromatic rings. The van der Waals surface area contributed by atoms with Gasteiger partial charge < -0.3 is 21.3 Å². The van der Waals surface area contributed by atoms with Gasteiger partial charge in [-0.05, 0) is 39.8 Å². The molecule has 5 nitrogen and oxygen atoms in total. The number of amides is 1. The fraction of sp³-hybridized carbons (Fsp3) is 0.917. The van der Waals surface area contributed by atoms with Crippen molar-refractivity contribution in [2.24, 2.45) is 11.5 Å². The second-order valence-electron chi connectivity index (χ2n) is 5.38. The molecule has 0 aliphatic carbocycles. The van der Waals surface area contributed by atoms with Gasteiger partial charge in [0.25, 0.3) is 0 Å². The highest BCUT2D eigenvalue weighted by Gasteiger charge is 2.24. The van der Waals surface area contributed by atoms with Gasteiger partial charge in [0.1, 0.15) is 0 Å². The lowest BCUT2D eigenvalue weighted by Crippen LogP contribution is -2.49. The molecule has 1 saturated heterocycles. The van der Waals surface area contributed by atoms with Gasteiger partial charge in [0, 0.05) is 26.2 Å². The summed E-state index contributed by atoms with van der Waals surface area (Å²) in [5, 5.41) is 0. The second-order valence-corrected chi connectivity index (χ2v) is 5.38. The van der Waals surface area contributed by atoms with Crippen molar-refractivity contribution in [1.82, 2.24) is 9.80 Å². The quantitative estimate of drug-likeness (QED) is 0.622. The molecule has 5 heteroatoms. The van der Waals surface area contributed by atoms with Crippen LogP contribution in [0.4, 0.5) is 0 Å². The maximum absolute atomic E-state index is 11.0. The lowest BCUT2D eigenvalue weighted by Gasteiger charge is -2.32. The van der Waals surface area contributed by atoms with Crippen LogP contribution in [0.2, 0.25) is 0 Å². The minimum absolute atomic E-state index is 0.405. The van der Waals surface area contributed by atoms with Gasteiger partial charge in [-0.25, -0.2) is 0 Å². The molecule has 17 heavy (non-hydrogen) atoms. The molecule has 1 atom stereocenters. The molecule has 1 heterocycles. The van der Waals surface area contributed by atoms with Gasteiger partial charge in [-0.2, -0.15) is 0 Å². The van der Waals surface area contributed by atoms with Gasteiger partial charge in [0.15, 0.2) is 0 Å². The number of piperazine rings is 1. The normalized spacial score (nSPS) is 22.3. The summed E-state index contributed by atoms with van der Waals surface area (Å²) in [4.78, 5) is 15.9. The highest BCUT2D eigenvalue weighted by atomic mass is 16.1. The first-order chi connectivity index (χ1) is 7.92. The predicted octanol–water partition coefficient (Wildman–Crippen LogP) is -0.393. The number of unbranched alkanes of at least 4 members (excludes halogenated alkanes) is 1. The molecule has 0 radical (unpaired) electrons. The molecule has 0 spiro atoms. The molecular weight excluding hydrogens is 216 g/mol. The van der Waals surface area contributed by atoms with Crippen LogP contribution in [0.5, 0.6) is 0 Å². The van der Waals surface area contributed by atoms with Gasteiger partial charge in [0.05, 0.1) is 5.54 Å². The number of hydrogen-bond acceptors (Lipinski definition) is 4. The third kappa shape index (κ3) is 5.02. The Kier molecular flexibility index (Phi) is 5.36. The minimum atomic E-state index is -0.845. The highest BCUT2D eigenvalue weighted by Crippen LogP contribution is 2.11. The maximum Gasteiger partial charge on any atom is 0.237 e. The average molecular weight is 242 g/mol. The van der Waals surface area contributed by atoms with E-state index in [1.807, 2.05) is 0 Å². The number of nitrogens with zero attached hydrogens (tertiary/aromatic N) is 2. The minimum Gasteiger partial charge on any atom is -0.368 e. The molecule has 100 valence electrons. The summed E-state index contributed by atoms with van der Waals surface area (Å²) in [6.45, 7) is 7.40. The number of primary amides is 1. The fourth-order valence-corrected chi connectivity index (χ4v) is 2.02. The standard InChI is InChI=1S/C12H26N4O/c1-12(14,11(13)17)5-3-4-6-16-9-7-15(2)8-10-16/h3-10,14H2,1-2H3,(H2,13,17). The molecule has 1 unspecified atom stereocenters. The van der Waals surface area contributed by atoms with Crippen molar-refractivity contribution < 1.29 is 4.79 Å². The van der Waals surface area contributed by atoms with Crippen molar-refractivity contribution in [2.45, 2.75) is 31.7 Å². The molecule has 1 aliphatic heterocycles. The van der Waals surface area contributed by atoms with E-state index in [9.17, 15) is 4.79 Å². The Labute approximate surface area is 104 Å². The topological polar surface area (TPSA) is 75.6 Å². The second kappa shape index (κ2) is 6.33. The largest absolute Gasteiger partial charge is 0.368 e. The monoisotopic (exact) mass is 242 g/mol. The molecular formula is C12H26N4O. The summed E-state index contributed by atoms with van der Waals surface area (Å²) in [5.41, 5.74) is 10.2. The van der Waals surface area contributed by atoms with Gasteiger partial charge in [-0.15, -0.1) is 0 Å². The summed E-state index contributed by atoms with van der Waals surface area (Å²) in [6.07, 6.45) is 2.72. The molecule has 1 aliphatic rings. The number of likely N-dealkylation sites (N-methyl/N-ethyl adjacent to an activating group) is 1. The van der Waals surface area contributed by atoms with E-state index in [-0.39, 0.29) is 0 Å². The summed E-state index contributed by atoms with van der Waals surface area (Å²) >= 11 is 0. The Hall–Kier alpha value is -0.650. The zero-order chi connectivity index (χ0) is 12.9. The van der Waals surface area contributed by atoms with E-state index in [0.717, 1.165) is 45.6 Å². The van der Waals surface area contributed by atoms with E-state index in [1.165, 1.54) is 0 Å². The smallest absolute Gasteiger partial charge is 0.237 e. The Morgan fingerprint density at radius 1 is 1.24 bits per heavy atom. The molecule has 0 bridgehead atoms. The van der Waals surface area contributed by atoms with E-state index < -0.39 is 11.4 Å². The highest BCUT2D eigenvalue weighted by molar-refractivity contribution is 5.83.